The first kappa shape index (κ1) is 23.1. The second-order valence-corrected chi connectivity index (χ2v) is 10.5. The third kappa shape index (κ3) is 4.50. The van der Waals surface area contributed by atoms with Gasteiger partial charge in [0.15, 0.2) is 0 Å². The first-order chi connectivity index (χ1) is 15.3. The van der Waals surface area contributed by atoms with E-state index in [1.54, 1.807) is 4.90 Å². The number of urea groups is 1. The largest absolute Gasteiger partial charge is 0.342 e. The Kier molecular flexibility index (Phi) is 6.77. The van der Waals surface area contributed by atoms with Gasteiger partial charge < -0.3 is 15.1 Å². The van der Waals surface area contributed by atoms with Crippen molar-refractivity contribution in [1.29, 1.82) is 0 Å². The molecule has 5 amide bonds. The molecule has 1 atom stereocenters. The Hall–Kier alpha value is -2.12. The van der Waals surface area contributed by atoms with Crippen molar-refractivity contribution in [2.45, 2.75) is 89.6 Å². The SMILES string of the molecule is CC(C)C(=O)N1CCC2(CC1)NC(=O)N(C1CCCN(C(=O)CCC3CCCC3)C1)C2=O. The maximum absolute atomic E-state index is 13.4. The number of likely N-dealkylation sites (tertiary alicyclic amines) is 2. The van der Waals surface area contributed by atoms with E-state index < -0.39 is 5.54 Å². The molecule has 3 saturated heterocycles. The van der Waals surface area contributed by atoms with Gasteiger partial charge in [0.1, 0.15) is 5.54 Å². The number of rotatable bonds is 5. The van der Waals surface area contributed by atoms with Crippen LogP contribution in [0.2, 0.25) is 0 Å². The van der Waals surface area contributed by atoms with Crippen LogP contribution >= 0.6 is 0 Å². The topological polar surface area (TPSA) is 90.0 Å². The lowest BCUT2D eigenvalue weighted by atomic mass is 9.86. The maximum Gasteiger partial charge on any atom is 0.325 e. The molecule has 32 heavy (non-hydrogen) atoms. The first-order valence-electron chi connectivity index (χ1n) is 12.5. The van der Waals surface area contributed by atoms with Gasteiger partial charge in [0, 0.05) is 38.5 Å². The number of hydrogen-bond acceptors (Lipinski definition) is 4. The molecule has 8 nitrogen and oxygen atoms in total. The molecule has 1 N–H and O–H groups in total. The summed E-state index contributed by atoms with van der Waals surface area (Å²) in [4.78, 5) is 56.4. The molecule has 1 unspecified atom stereocenters. The molecule has 0 aromatic heterocycles. The molecule has 1 spiro atoms. The van der Waals surface area contributed by atoms with Gasteiger partial charge in [-0.25, -0.2) is 4.79 Å². The lowest BCUT2D eigenvalue weighted by Gasteiger charge is -2.39. The minimum Gasteiger partial charge on any atom is -0.342 e. The van der Waals surface area contributed by atoms with Crippen LogP contribution in [0, 0.1) is 11.8 Å². The molecule has 0 aromatic carbocycles. The molecule has 3 heterocycles. The number of carbonyl (C=O) groups is 4. The van der Waals surface area contributed by atoms with Crippen LogP contribution in [0.25, 0.3) is 0 Å². The number of amides is 5. The highest BCUT2D eigenvalue weighted by Gasteiger charge is 2.55. The highest BCUT2D eigenvalue weighted by Crippen LogP contribution is 2.33. The Balaban J connectivity index is 1.35. The van der Waals surface area contributed by atoms with E-state index in [0.717, 1.165) is 19.3 Å². The van der Waals surface area contributed by atoms with Crippen LogP contribution < -0.4 is 5.32 Å². The quantitative estimate of drug-likeness (QED) is 0.657. The van der Waals surface area contributed by atoms with E-state index in [2.05, 4.69) is 5.32 Å². The third-order valence-corrected chi connectivity index (χ3v) is 7.97. The molecule has 4 rings (SSSR count). The van der Waals surface area contributed by atoms with Gasteiger partial charge in [0.25, 0.3) is 5.91 Å². The number of piperidine rings is 2. The summed E-state index contributed by atoms with van der Waals surface area (Å²) in [5.74, 6) is 0.674. The Labute approximate surface area is 191 Å². The van der Waals surface area contributed by atoms with Gasteiger partial charge in [-0.2, -0.15) is 0 Å². The van der Waals surface area contributed by atoms with Crippen LogP contribution in [-0.4, -0.2) is 76.2 Å². The van der Waals surface area contributed by atoms with Crippen molar-refractivity contribution in [2.75, 3.05) is 26.2 Å². The van der Waals surface area contributed by atoms with Crippen LogP contribution in [-0.2, 0) is 14.4 Å². The zero-order valence-electron chi connectivity index (χ0n) is 19.6. The van der Waals surface area contributed by atoms with Crippen molar-refractivity contribution in [3.8, 4) is 0 Å². The Morgan fingerprint density at radius 1 is 1.00 bits per heavy atom. The van der Waals surface area contributed by atoms with Gasteiger partial charge in [-0.3, -0.25) is 19.3 Å². The summed E-state index contributed by atoms with van der Waals surface area (Å²) >= 11 is 0. The van der Waals surface area contributed by atoms with Crippen LogP contribution in [0.4, 0.5) is 4.79 Å². The minimum absolute atomic E-state index is 0.0751. The van der Waals surface area contributed by atoms with E-state index in [-0.39, 0.29) is 35.7 Å². The summed E-state index contributed by atoms with van der Waals surface area (Å²) < 4.78 is 0. The van der Waals surface area contributed by atoms with Gasteiger partial charge in [-0.05, 0) is 38.0 Å². The second kappa shape index (κ2) is 9.40. The smallest absolute Gasteiger partial charge is 0.325 e. The lowest BCUT2D eigenvalue weighted by molar-refractivity contribution is -0.142. The molecule has 0 radical (unpaired) electrons. The average Bonchev–Trinajstić information content (AvgIpc) is 3.38. The van der Waals surface area contributed by atoms with E-state index in [9.17, 15) is 19.2 Å². The molecule has 0 aromatic rings. The van der Waals surface area contributed by atoms with Crippen LogP contribution in [0.1, 0.15) is 78.1 Å². The summed E-state index contributed by atoms with van der Waals surface area (Å²) in [6.45, 7) is 5.86. The highest BCUT2D eigenvalue weighted by molar-refractivity contribution is 6.07. The van der Waals surface area contributed by atoms with Crippen LogP contribution in [0.3, 0.4) is 0 Å². The van der Waals surface area contributed by atoms with Gasteiger partial charge >= 0.3 is 6.03 Å². The van der Waals surface area contributed by atoms with Crippen molar-refractivity contribution >= 4 is 23.8 Å². The van der Waals surface area contributed by atoms with Gasteiger partial charge in [0.05, 0.1) is 6.04 Å². The molecule has 4 fully saturated rings. The Morgan fingerprint density at radius 2 is 1.69 bits per heavy atom. The molecule has 3 aliphatic heterocycles. The number of nitrogens with zero attached hydrogens (tertiary/aromatic N) is 3. The van der Waals surface area contributed by atoms with Crippen molar-refractivity contribution in [1.82, 2.24) is 20.0 Å². The fourth-order valence-electron chi connectivity index (χ4n) is 5.96. The molecule has 1 saturated carbocycles. The number of nitrogens with one attached hydrogen (secondary N) is 1. The lowest BCUT2D eigenvalue weighted by Crippen LogP contribution is -2.57. The summed E-state index contributed by atoms with van der Waals surface area (Å²) in [6, 6.07) is -0.606. The van der Waals surface area contributed by atoms with Gasteiger partial charge in [0.2, 0.25) is 11.8 Å². The summed E-state index contributed by atoms with van der Waals surface area (Å²) in [6.07, 6.45) is 9.00. The zero-order valence-corrected chi connectivity index (χ0v) is 19.6. The summed E-state index contributed by atoms with van der Waals surface area (Å²) in [5, 5.41) is 2.96. The van der Waals surface area contributed by atoms with Crippen molar-refractivity contribution in [3.05, 3.63) is 0 Å². The van der Waals surface area contributed by atoms with E-state index in [0.29, 0.717) is 51.4 Å². The first-order valence-corrected chi connectivity index (χ1v) is 12.5. The summed E-state index contributed by atoms with van der Waals surface area (Å²) in [7, 11) is 0. The number of hydrogen-bond donors (Lipinski definition) is 1. The second-order valence-electron chi connectivity index (χ2n) is 10.5. The highest BCUT2D eigenvalue weighted by atomic mass is 16.2. The molecule has 4 aliphatic rings. The van der Waals surface area contributed by atoms with Crippen LogP contribution in [0.15, 0.2) is 0 Å². The summed E-state index contributed by atoms with van der Waals surface area (Å²) in [5.41, 5.74) is -0.903. The van der Waals surface area contributed by atoms with Crippen molar-refractivity contribution in [3.63, 3.8) is 0 Å². The fourth-order valence-corrected chi connectivity index (χ4v) is 5.96. The predicted octanol–water partition coefficient (Wildman–Crippen LogP) is 2.52. The molecule has 8 heteroatoms. The Morgan fingerprint density at radius 3 is 2.34 bits per heavy atom. The normalized spacial score (nSPS) is 26.3. The Bertz CT molecular complexity index is 753. The minimum atomic E-state index is -0.903. The average molecular weight is 447 g/mol. The fraction of sp³-hybridized carbons (Fsp3) is 0.833. The monoisotopic (exact) mass is 446 g/mol. The van der Waals surface area contributed by atoms with Crippen molar-refractivity contribution in [2.24, 2.45) is 11.8 Å². The van der Waals surface area contributed by atoms with E-state index in [1.807, 2.05) is 18.7 Å². The third-order valence-electron chi connectivity index (χ3n) is 7.97. The molecular formula is C24H38N4O4. The molecule has 178 valence electrons. The number of imide groups is 1. The molecule has 1 aliphatic carbocycles. The number of carbonyl (C=O) groups excluding carboxylic acids is 4. The van der Waals surface area contributed by atoms with Gasteiger partial charge in [-0.15, -0.1) is 0 Å². The van der Waals surface area contributed by atoms with Gasteiger partial charge in [-0.1, -0.05) is 39.5 Å². The maximum atomic E-state index is 13.4. The predicted molar refractivity (Wildman–Crippen MR) is 120 cm³/mol. The van der Waals surface area contributed by atoms with E-state index in [1.165, 1.54) is 30.6 Å². The van der Waals surface area contributed by atoms with Crippen molar-refractivity contribution < 1.29 is 19.2 Å². The molecular weight excluding hydrogens is 408 g/mol. The van der Waals surface area contributed by atoms with E-state index >= 15 is 0 Å². The standard InChI is InChI=1S/C24H38N4O4/c1-17(2)21(30)26-14-11-24(12-15-26)22(31)28(23(32)25-24)19-8-5-13-27(16-19)20(29)10-9-18-6-3-4-7-18/h17-19H,3-16H2,1-2H3,(H,25,32). The zero-order chi connectivity index (χ0) is 22.9. The molecule has 0 bridgehead atoms. The van der Waals surface area contributed by atoms with Crippen LogP contribution in [0.5, 0.6) is 0 Å². The van der Waals surface area contributed by atoms with E-state index in [4.69, 9.17) is 0 Å².